The van der Waals surface area contributed by atoms with Crippen molar-refractivity contribution in [3.05, 3.63) is 35.4 Å². The van der Waals surface area contributed by atoms with Crippen LogP contribution in [0.15, 0.2) is 24.3 Å². The number of nitrogens with two attached hydrogens (primary N) is 1. The lowest BCUT2D eigenvalue weighted by atomic mass is 9.79. The Labute approximate surface area is 95.3 Å². The molecule has 1 aliphatic carbocycles. The van der Waals surface area contributed by atoms with Gasteiger partial charge in [0.2, 0.25) is 0 Å². The van der Waals surface area contributed by atoms with Crippen LogP contribution in [0, 0.1) is 0 Å². The van der Waals surface area contributed by atoms with Crippen molar-refractivity contribution in [3.63, 3.8) is 0 Å². The summed E-state index contributed by atoms with van der Waals surface area (Å²) in [6, 6.07) is 7.69. The molecule has 86 valence electrons. The van der Waals surface area contributed by atoms with Crippen LogP contribution in [0.3, 0.4) is 0 Å². The van der Waals surface area contributed by atoms with E-state index in [0.29, 0.717) is 6.54 Å². The van der Waals surface area contributed by atoms with Gasteiger partial charge in [-0.25, -0.2) is 0 Å². The summed E-state index contributed by atoms with van der Waals surface area (Å²) in [4.78, 5) is 11.5. The van der Waals surface area contributed by atoms with Crippen molar-refractivity contribution in [1.29, 1.82) is 0 Å². The van der Waals surface area contributed by atoms with Gasteiger partial charge in [0.1, 0.15) is 0 Å². The third-order valence-electron chi connectivity index (χ3n) is 3.61. The normalized spacial score (nSPS) is 18.6. The maximum Gasteiger partial charge on any atom is 0.314 e. The van der Waals surface area contributed by atoms with E-state index in [1.165, 1.54) is 0 Å². The first-order valence-electron chi connectivity index (χ1n) is 5.72. The highest BCUT2D eigenvalue weighted by atomic mass is 16.4. The van der Waals surface area contributed by atoms with Crippen LogP contribution in [-0.2, 0) is 16.8 Å². The summed E-state index contributed by atoms with van der Waals surface area (Å²) in [5, 5.41) is 9.42. The van der Waals surface area contributed by atoms with E-state index in [4.69, 9.17) is 5.73 Å². The molecule has 3 N–H and O–H groups in total. The van der Waals surface area contributed by atoms with Crippen molar-refractivity contribution < 1.29 is 9.90 Å². The maximum absolute atomic E-state index is 11.5. The summed E-state index contributed by atoms with van der Waals surface area (Å²) in [6.07, 6.45) is 3.52. The second-order valence-electron chi connectivity index (χ2n) is 4.50. The minimum absolute atomic E-state index is 0.500. The van der Waals surface area contributed by atoms with Gasteiger partial charge >= 0.3 is 5.97 Å². The van der Waals surface area contributed by atoms with Crippen LogP contribution in [-0.4, -0.2) is 11.1 Å². The van der Waals surface area contributed by atoms with E-state index in [0.717, 1.165) is 36.8 Å². The van der Waals surface area contributed by atoms with Crippen LogP contribution in [0.5, 0.6) is 0 Å². The van der Waals surface area contributed by atoms with E-state index in [1.54, 1.807) is 0 Å². The second-order valence-corrected chi connectivity index (χ2v) is 4.50. The highest BCUT2D eigenvalue weighted by Crippen LogP contribution is 2.41. The van der Waals surface area contributed by atoms with Crippen LogP contribution >= 0.6 is 0 Å². The summed E-state index contributed by atoms with van der Waals surface area (Å²) in [7, 11) is 0. The number of hydrogen-bond acceptors (Lipinski definition) is 2. The number of aliphatic carboxylic acids is 1. The van der Waals surface area contributed by atoms with E-state index >= 15 is 0 Å². The van der Waals surface area contributed by atoms with E-state index in [-0.39, 0.29) is 0 Å². The van der Waals surface area contributed by atoms with Gasteiger partial charge in [-0.05, 0) is 24.0 Å². The molecule has 0 atom stereocenters. The Bertz CT molecular complexity index is 377. The molecule has 0 radical (unpaired) electrons. The molecule has 16 heavy (non-hydrogen) atoms. The molecule has 0 aromatic heterocycles. The number of carboxylic acid groups (broad SMARTS) is 1. The van der Waals surface area contributed by atoms with Gasteiger partial charge in [-0.3, -0.25) is 4.79 Å². The van der Waals surface area contributed by atoms with Crippen LogP contribution < -0.4 is 5.73 Å². The molecule has 0 saturated heterocycles. The second kappa shape index (κ2) is 4.26. The van der Waals surface area contributed by atoms with Crippen LogP contribution in [0.25, 0.3) is 0 Å². The number of rotatable bonds is 3. The number of benzene rings is 1. The SMILES string of the molecule is NCc1ccc(C2(C(=O)O)CCCC2)cc1. The molecule has 2 rings (SSSR count). The van der Waals surface area contributed by atoms with E-state index in [9.17, 15) is 9.90 Å². The molecule has 1 fully saturated rings. The third-order valence-corrected chi connectivity index (χ3v) is 3.61. The predicted octanol–water partition coefficient (Wildman–Crippen LogP) is 2.04. The minimum Gasteiger partial charge on any atom is -0.481 e. The van der Waals surface area contributed by atoms with Gasteiger partial charge < -0.3 is 10.8 Å². The Morgan fingerprint density at radius 3 is 2.25 bits per heavy atom. The van der Waals surface area contributed by atoms with Gasteiger partial charge in [-0.2, -0.15) is 0 Å². The summed E-state index contributed by atoms with van der Waals surface area (Å²) >= 11 is 0. The third kappa shape index (κ3) is 1.71. The van der Waals surface area contributed by atoms with Crippen LogP contribution in [0.1, 0.15) is 36.8 Å². The molecule has 1 saturated carbocycles. The number of hydrogen-bond donors (Lipinski definition) is 2. The molecule has 0 unspecified atom stereocenters. The van der Waals surface area contributed by atoms with Gasteiger partial charge in [-0.1, -0.05) is 37.1 Å². The largest absolute Gasteiger partial charge is 0.481 e. The minimum atomic E-state index is -0.689. The zero-order valence-corrected chi connectivity index (χ0v) is 9.28. The zero-order chi connectivity index (χ0) is 11.6. The van der Waals surface area contributed by atoms with Crippen molar-refractivity contribution in [1.82, 2.24) is 0 Å². The first kappa shape index (κ1) is 11.1. The van der Waals surface area contributed by atoms with E-state index in [2.05, 4.69) is 0 Å². The number of carboxylic acids is 1. The first-order valence-corrected chi connectivity index (χ1v) is 5.72. The fourth-order valence-corrected chi connectivity index (χ4v) is 2.56. The molecule has 0 spiro atoms. The lowest BCUT2D eigenvalue weighted by Gasteiger charge is -2.24. The molecule has 0 bridgehead atoms. The Balaban J connectivity index is 2.36. The highest BCUT2D eigenvalue weighted by Gasteiger charge is 2.42. The predicted molar refractivity (Wildman–Crippen MR) is 62.1 cm³/mol. The zero-order valence-electron chi connectivity index (χ0n) is 9.28. The summed E-state index contributed by atoms with van der Waals surface area (Å²) < 4.78 is 0. The van der Waals surface area contributed by atoms with Crippen molar-refractivity contribution in [2.45, 2.75) is 37.6 Å². The molecule has 1 aromatic rings. The monoisotopic (exact) mass is 219 g/mol. The van der Waals surface area contributed by atoms with Gasteiger partial charge in [0, 0.05) is 6.54 Å². The lowest BCUT2D eigenvalue weighted by molar-refractivity contribution is -0.143. The Morgan fingerprint density at radius 2 is 1.81 bits per heavy atom. The fraction of sp³-hybridized carbons (Fsp3) is 0.462. The Hall–Kier alpha value is -1.35. The molecule has 0 heterocycles. The molecular weight excluding hydrogens is 202 g/mol. The first-order chi connectivity index (χ1) is 7.69. The summed E-state index contributed by atoms with van der Waals surface area (Å²) in [5.74, 6) is -0.689. The molecule has 0 amide bonds. The van der Waals surface area contributed by atoms with Crippen molar-refractivity contribution in [2.24, 2.45) is 5.73 Å². The molecule has 0 aliphatic heterocycles. The van der Waals surface area contributed by atoms with Gasteiger partial charge in [0.25, 0.3) is 0 Å². The van der Waals surface area contributed by atoms with Crippen LogP contribution in [0.4, 0.5) is 0 Å². The van der Waals surface area contributed by atoms with Crippen molar-refractivity contribution in [2.75, 3.05) is 0 Å². The molecule has 3 nitrogen and oxygen atoms in total. The molecule has 1 aliphatic rings. The maximum atomic E-state index is 11.5. The Kier molecular flexibility index (Phi) is 2.97. The van der Waals surface area contributed by atoms with Gasteiger partial charge in [0.05, 0.1) is 5.41 Å². The Morgan fingerprint density at radius 1 is 1.25 bits per heavy atom. The van der Waals surface area contributed by atoms with Crippen molar-refractivity contribution in [3.8, 4) is 0 Å². The van der Waals surface area contributed by atoms with Crippen LogP contribution in [0.2, 0.25) is 0 Å². The molecule has 3 heteroatoms. The summed E-state index contributed by atoms with van der Waals surface area (Å²) in [5.41, 5.74) is 6.85. The topological polar surface area (TPSA) is 63.3 Å². The lowest BCUT2D eigenvalue weighted by Crippen LogP contribution is -2.32. The van der Waals surface area contributed by atoms with Crippen molar-refractivity contribution >= 4 is 5.97 Å². The fourth-order valence-electron chi connectivity index (χ4n) is 2.56. The van der Waals surface area contributed by atoms with E-state index in [1.807, 2.05) is 24.3 Å². The smallest absolute Gasteiger partial charge is 0.314 e. The number of carbonyl (C=O) groups is 1. The van der Waals surface area contributed by atoms with Gasteiger partial charge in [0.15, 0.2) is 0 Å². The molecule has 1 aromatic carbocycles. The average Bonchev–Trinajstić information content (AvgIpc) is 2.79. The standard InChI is InChI=1S/C13H17NO2/c14-9-10-3-5-11(6-4-10)13(12(15)16)7-1-2-8-13/h3-6H,1-2,7-9,14H2,(H,15,16). The molecular formula is C13H17NO2. The highest BCUT2D eigenvalue weighted by molar-refractivity contribution is 5.81. The van der Waals surface area contributed by atoms with Gasteiger partial charge in [-0.15, -0.1) is 0 Å². The quantitative estimate of drug-likeness (QED) is 0.817. The summed E-state index contributed by atoms with van der Waals surface area (Å²) in [6.45, 7) is 0.500. The average molecular weight is 219 g/mol. The van der Waals surface area contributed by atoms with E-state index < -0.39 is 11.4 Å².